The third kappa shape index (κ3) is 3.80. The molecule has 2 rings (SSSR count). The standard InChI is InChI=1S/C13H24N4O2S/c1-10(2)7-17-8-13(15-9-17)20(18,19)16-12-5-4-6-14-11(12)3/h8-12,14,16H,4-7H2,1-3H3. The van der Waals surface area contributed by atoms with Crippen molar-refractivity contribution in [3.63, 3.8) is 0 Å². The number of hydrogen-bond donors (Lipinski definition) is 2. The van der Waals surface area contributed by atoms with E-state index in [2.05, 4.69) is 28.9 Å². The summed E-state index contributed by atoms with van der Waals surface area (Å²) in [5.74, 6) is 0.454. The van der Waals surface area contributed by atoms with E-state index in [0.717, 1.165) is 25.9 Å². The van der Waals surface area contributed by atoms with Crippen LogP contribution in [-0.4, -0.2) is 36.6 Å². The van der Waals surface area contributed by atoms with E-state index in [1.807, 2.05) is 11.5 Å². The van der Waals surface area contributed by atoms with Gasteiger partial charge in [0.2, 0.25) is 0 Å². The van der Waals surface area contributed by atoms with Crippen LogP contribution in [0.5, 0.6) is 0 Å². The molecule has 1 aromatic heterocycles. The number of sulfonamides is 1. The summed E-state index contributed by atoms with van der Waals surface area (Å²) in [6, 6.07) is 0.0836. The molecule has 0 aromatic carbocycles. The molecule has 20 heavy (non-hydrogen) atoms. The smallest absolute Gasteiger partial charge is 0.259 e. The molecule has 0 saturated carbocycles. The molecule has 0 spiro atoms. The number of nitrogens with zero attached hydrogens (tertiary/aromatic N) is 2. The van der Waals surface area contributed by atoms with E-state index < -0.39 is 10.0 Å². The van der Waals surface area contributed by atoms with Crippen molar-refractivity contribution in [3.8, 4) is 0 Å². The quantitative estimate of drug-likeness (QED) is 0.849. The first kappa shape index (κ1) is 15.5. The van der Waals surface area contributed by atoms with Gasteiger partial charge in [-0.3, -0.25) is 0 Å². The van der Waals surface area contributed by atoms with Gasteiger partial charge in [0.05, 0.1) is 6.33 Å². The van der Waals surface area contributed by atoms with Crippen molar-refractivity contribution >= 4 is 10.0 Å². The lowest BCUT2D eigenvalue weighted by atomic mass is 10.0. The van der Waals surface area contributed by atoms with Crippen LogP contribution in [0.25, 0.3) is 0 Å². The Hall–Kier alpha value is -0.920. The topological polar surface area (TPSA) is 76.0 Å². The third-order valence-corrected chi connectivity index (χ3v) is 4.90. The Morgan fingerprint density at radius 1 is 1.55 bits per heavy atom. The van der Waals surface area contributed by atoms with Gasteiger partial charge in [-0.25, -0.2) is 18.1 Å². The molecule has 2 atom stereocenters. The molecule has 2 heterocycles. The molecule has 0 aliphatic carbocycles. The Morgan fingerprint density at radius 2 is 2.30 bits per heavy atom. The van der Waals surface area contributed by atoms with Crippen molar-refractivity contribution in [1.82, 2.24) is 19.6 Å². The van der Waals surface area contributed by atoms with Crippen molar-refractivity contribution in [3.05, 3.63) is 12.5 Å². The molecular weight excluding hydrogens is 276 g/mol. The molecule has 1 saturated heterocycles. The Kier molecular flexibility index (Phi) is 4.82. The lowest BCUT2D eigenvalue weighted by Crippen LogP contribution is -2.51. The molecule has 2 unspecified atom stereocenters. The van der Waals surface area contributed by atoms with Crippen molar-refractivity contribution in [2.75, 3.05) is 6.54 Å². The molecule has 1 aliphatic rings. The number of nitrogens with one attached hydrogen (secondary N) is 2. The maximum atomic E-state index is 12.3. The zero-order chi connectivity index (χ0) is 14.8. The van der Waals surface area contributed by atoms with Crippen LogP contribution in [0.15, 0.2) is 17.6 Å². The molecule has 6 nitrogen and oxygen atoms in total. The summed E-state index contributed by atoms with van der Waals surface area (Å²) < 4.78 is 29.2. The predicted molar refractivity (Wildman–Crippen MR) is 77.9 cm³/mol. The summed E-state index contributed by atoms with van der Waals surface area (Å²) in [5, 5.41) is 3.39. The van der Waals surface area contributed by atoms with E-state index in [1.165, 1.54) is 0 Å². The monoisotopic (exact) mass is 300 g/mol. The minimum Gasteiger partial charge on any atom is -0.336 e. The van der Waals surface area contributed by atoms with E-state index >= 15 is 0 Å². The largest absolute Gasteiger partial charge is 0.336 e. The van der Waals surface area contributed by atoms with Crippen LogP contribution in [0.3, 0.4) is 0 Å². The summed E-state index contributed by atoms with van der Waals surface area (Å²) in [4.78, 5) is 4.02. The Bertz CT molecular complexity index is 538. The molecule has 2 N–H and O–H groups in total. The molecule has 1 aliphatic heterocycles. The average Bonchev–Trinajstić information content (AvgIpc) is 2.80. The van der Waals surface area contributed by atoms with Gasteiger partial charge in [0, 0.05) is 24.8 Å². The van der Waals surface area contributed by atoms with E-state index in [9.17, 15) is 8.42 Å². The second-order valence-corrected chi connectivity index (χ2v) is 7.58. The van der Waals surface area contributed by atoms with Gasteiger partial charge in [-0.05, 0) is 32.2 Å². The molecule has 0 amide bonds. The van der Waals surface area contributed by atoms with Crippen molar-refractivity contribution in [1.29, 1.82) is 0 Å². The van der Waals surface area contributed by atoms with E-state index in [0.29, 0.717) is 5.92 Å². The molecule has 0 bridgehead atoms. The zero-order valence-electron chi connectivity index (χ0n) is 12.3. The van der Waals surface area contributed by atoms with Crippen molar-refractivity contribution < 1.29 is 8.42 Å². The first-order valence-corrected chi connectivity index (χ1v) is 8.64. The Morgan fingerprint density at radius 3 is 2.95 bits per heavy atom. The second kappa shape index (κ2) is 6.24. The minimum atomic E-state index is -3.53. The average molecular weight is 300 g/mol. The molecular formula is C13H24N4O2S. The minimum absolute atomic E-state index is 0.0657. The van der Waals surface area contributed by atoms with E-state index in [-0.39, 0.29) is 17.1 Å². The van der Waals surface area contributed by atoms with Gasteiger partial charge in [0.1, 0.15) is 0 Å². The summed E-state index contributed by atoms with van der Waals surface area (Å²) in [6.07, 6.45) is 5.03. The highest BCUT2D eigenvalue weighted by Gasteiger charge is 2.27. The number of aromatic nitrogens is 2. The third-order valence-electron chi connectivity index (χ3n) is 3.53. The fraction of sp³-hybridized carbons (Fsp3) is 0.769. The van der Waals surface area contributed by atoms with Crippen LogP contribution in [0.4, 0.5) is 0 Å². The van der Waals surface area contributed by atoms with Gasteiger partial charge >= 0.3 is 0 Å². The normalized spacial score (nSPS) is 24.2. The van der Waals surface area contributed by atoms with Crippen LogP contribution in [0, 0.1) is 5.92 Å². The number of imidazole rings is 1. The summed E-state index contributed by atoms with van der Waals surface area (Å²) >= 11 is 0. The maximum Gasteiger partial charge on any atom is 0.259 e. The highest BCUT2D eigenvalue weighted by molar-refractivity contribution is 7.89. The number of hydrogen-bond acceptors (Lipinski definition) is 4. The lowest BCUT2D eigenvalue weighted by molar-refractivity contribution is 0.348. The first-order chi connectivity index (χ1) is 9.38. The van der Waals surface area contributed by atoms with Gasteiger partial charge in [-0.15, -0.1) is 0 Å². The predicted octanol–water partition coefficient (Wildman–Crippen LogP) is 0.958. The fourth-order valence-electron chi connectivity index (χ4n) is 2.46. The summed E-state index contributed by atoms with van der Waals surface area (Å²) in [7, 11) is -3.53. The van der Waals surface area contributed by atoms with Crippen LogP contribution >= 0.6 is 0 Å². The summed E-state index contributed by atoms with van der Waals surface area (Å²) in [6.45, 7) is 7.89. The van der Waals surface area contributed by atoms with Crippen LogP contribution in [0.1, 0.15) is 33.6 Å². The molecule has 1 aromatic rings. The first-order valence-electron chi connectivity index (χ1n) is 7.16. The maximum absolute atomic E-state index is 12.3. The van der Waals surface area contributed by atoms with Gasteiger partial charge in [0.15, 0.2) is 5.03 Å². The van der Waals surface area contributed by atoms with Crippen LogP contribution in [-0.2, 0) is 16.6 Å². The Labute approximate surface area is 121 Å². The van der Waals surface area contributed by atoms with Crippen LogP contribution in [0.2, 0.25) is 0 Å². The highest BCUT2D eigenvalue weighted by atomic mass is 32.2. The second-order valence-electron chi connectivity index (χ2n) is 5.92. The lowest BCUT2D eigenvalue weighted by Gasteiger charge is -2.30. The van der Waals surface area contributed by atoms with Crippen molar-refractivity contribution in [2.45, 2.75) is 57.3 Å². The van der Waals surface area contributed by atoms with Crippen molar-refractivity contribution in [2.24, 2.45) is 5.92 Å². The van der Waals surface area contributed by atoms with Gasteiger partial charge in [-0.2, -0.15) is 0 Å². The molecule has 7 heteroatoms. The fourth-order valence-corrected chi connectivity index (χ4v) is 3.77. The molecule has 0 radical (unpaired) electrons. The molecule has 114 valence electrons. The number of rotatable bonds is 5. The van der Waals surface area contributed by atoms with E-state index in [4.69, 9.17) is 0 Å². The highest BCUT2D eigenvalue weighted by Crippen LogP contribution is 2.13. The zero-order valence-corrected chi connectivity index (χ0v) is 13.2. The number of piperidine rings is 1. The molecule has 1 fully saturated rings. The SMILES string of the molecule is CC(C)Cn1cnc(S(=O)(=O)NC2CCCNC2C)c1. The van der Waals surface area contributed by atoms with Gasteiger partial charge in [0.25, 0.3) is 10.0 Å². The Balaban J connectivity index is 2.07. The van der Waals surface area contributed by atoms with Gasteiger partial charge < -0.3 is 9.88 Å². The summed E-state index contributed by atoms with van der Waals surface area (Å²) in [5.41, 5.74) is 0. The van der Waals surface area contributed by atoms with E-state index in [1.54, 1.807) is 12.5 Å². The van der Waals surface area contributed by atoms with Crippen LogP contribution < -0.4 is 10.0 Å². The van der Waals surface area contributed by atoms with Gasteiger partial charge in [-0.1, -0.05) is 13.8 Å².